The first-order valence-electron chi connectivity index (χ1n) is 6.28. The molecule has 1 aliphatic heterocycles. The summed E-state index contributed by atoms with van der Waals surface area (Å²) in [6.07, 6.45) is 1.13. The molecule has 1 aliphatic rings. The van der Waals surface area contributed by atoms with Crippen molar-refractivity contribution < 1.29 is 0 Å². The molecule has 3 heteroatoms. The number of hydrogen-bond donors (Lipinski definition) is 1. The van der Waals surface area contributed by atoms with Crippen LogP contribution in [-0.4, -0.2) is 25.2 Å². The quantitative estimate of drug-likeness (QED) is 0.921. The van der Waals surface area contributed by atoms with Gasteiger partial charge in [-0.15, -0.1) is 0 Å². The maximum absolute atomic E-state index is 3.56. The van der Waals surface area contributed by atoms with Crippen LogP contribution < -0.4 is 10.2 Å². The zero-order valence-corrected chi connectivity index (χ0v) is 12.6. The van der Waals surface area contributed by atoms with Crippen LogP contribution in [0.2, 0.25) is 0 Å². The van der Waals surface area contributed by atoms with Crippen molar-refractivity contribution in [1.29, 1.82) is 0 Å². The SMILES string of the molecule is CNC(C)C1Cc2cc(Br)ccc2N1C(C)C. The summed E-state index contributed by atoms with van der Waals surface area (Å²) in [4.78, 5) is 2.54. The van der Waals surface area contributed by atoms with Crippen molar-refractivity contribution in [2.24, 2.45) is 0 Å². The highest BCUT2D eigenvalue weighted by atomic mass is 79.9. The fraction of sp³-hybridized carbons (Fsp3) is 0.571. The first-order valence-corrected chi connectivity index (χ1v) is 7.08. The second kappa shape index (κ2) is 4.99. The van der Waals surface area contributed by atoms with Crippen LogP contribution in [0.5, 0.6) is 0 Å². The number of nitrogens with zero attached hydrogens (tertiary/aromatic N) is 1. The summed E-state index contributed by atoms with van der Waals surface area (Å²) in [7, 11) is 2.04. The highest BCUT2D eigenvalue weighted by Crippen LogP contribution is 2.36. The molecule has 0 fully saturated rings. The molecule has 0 aliphatic carbocycles. The summed E-state index contributed by atoms with van der Waals surface area (Å²) >= 11 is 3.56. The van der Waals surface area contributed by atoms with Crippen molar-refractivity contribution in [2.75, 3.05) is 11.9 Å². The summed E-state index contributed by atoms with van der Waals surface area (Å²) < 4.78 is 1.18. The predicted octanol–water partition coefficient (Wildman–Crippen LogP) is 3.20. The zero-order chi connectivity index (χ0) is 12.6. The van der Waals surface area contributed by atoms with Gasteiger partial charge in [-0.3, -0.25) is 0 Å². The minimum Gasteiger partial charge on any atom is -0.364 e. The van der Waals surface area contributed by atoms with Gasteiger partial charge in [0.15, 0.2) is 0 Å². The van der Waals surface area contributed by atoms with Gasteiger partial charge >= 0.3 is 0 Å². The molecule has 2 unspecified atom stereocenters. The van der Waals surface area contributed by atoms with Crippen LogP contribution in [0.1, 0.15) is 26.3 Å². The molecule has 0 saturated heterocycles. The van der Waals surface area contributed by atoms with Gasteiger partial charge < -0.3 is 10.2 Å². The summed E-state index contributed by atoms with van der Waals surface area (Å²) in [6.45, 7) is 6.81. The minimum absolute atomic E-state index is 0.503. The number of halogens is 1. The summed E-state index contributed by atoms with van der Waals surface area (Å²) in [5.41, 5.74) is 2.86. The van der Waals surface area contributed by atoms with Gasteiger partial charge in [-0.25, -0.2) is 0 Å². The van der Waals surface area contributed by atoms with Crippen molar-refractivity contribution >= 4 is 21.6 Å². The molecule has 0 aromatic heterocycles. The maximum Gasteiger partial charge on any atom is 0.0484 e. The Morgan fingerprint density at radius 3 is 2.65 bits per heavy atom. The maximum atomic E-state index is 3.56. The predicted molar refractivity (Wildman–Crippen MR) is 77.8 cm³/mol. The molecule has 0 radical (unpaired) electrons. The molecule has 1 heterocycles. The van der Waals surface area contributed by atoms with Crippen molar-refractivity contribution in [2.45, 2.75) is 45.3 Å². The summed E-state index contributed by atoms with van der Waals surface area (Å²) in [5.74, 6) is 0. The monoisotopic (exact) mass is 296 g/mol. The van der Waals surface area contributed by atoms with Crippen LogP contribution in [0.15, 0.2) is 22.7 Å². The minimum atomic E-state index is 0.503. The Kier molecular flexibility index (Phi) is 3.79. The lowest BCUT2D eigenvalue weighted by atomic mass is 10.0. The molecule has 2 rings (SSSR count). The molecule has 1 aromatic rings. The van der Waals surface area contributed by atoms with Crippen LogP contribution in [0.25, 0.3) is 0 Å². The van der Waals surface area contributed by atoms with Crippen LogP contribution in [-0.2, 0) is 6.42 Å². The topological polar surface area (TPSA) is 15.3 Å². The molecular weight excluding hydrogens is 276 g/mol. The van der Waals surface area contributed by atoms with E-state index in [0.717, 1.165) is 6.42 Å². The van der Waals surface area contributed by atoms with E-state index in [9.17, 15) is 0 Å². The van der Waals surface area contributed by atoms with E-state index in [1.165, 1.54) is 15.7 Å². The number of anilines is 1. The molecule has 94 valence electrons. The Balaban J connectivity index is 2.37. The standard InChI is InChI=1S/C14H21BrN2/c1-9(2)17-13-6-5-12(15)7-11(13)8-14(17)10(3)16-4/h5-7,9-10,14,16H,8H2,1-4H3. The molecule has 0 bridgehead atoms. The van der Waals surface area contributed by atoms with Gasteiger partial charge in [0.05, 0.1) is 0 Å². The van der Waals surface area contributed by atoms with Gasteiger partial charge in [-0.2, -0.15) is 0 Å². The molecule has 17 heavy (non-hydrogen) atoms. The Morgan fingerprint density at radius 1 is 1.35 bits per heavy atom. The number of nitrogens with one attached hydrogen (secondary N) is 1. The molecule has 2 atom stereocenters. The van der Waals surface area contributed by atoms with E-state index in [4.69, 9.17) is 0 Å². The highest BCUT2D eigenvalue weighted by Gasteiger charge is 2.33. The molecule has 2 nitrogen and oxygen atoms in total. The van der Waals surface area contributed by atoms with Gasteiger partial charge in [0.2, 0.25) is 0 Å². The molecule has 1 N–H and O–H groups in total. The van der Waals surface area contributed by atoms with E-state index in [1.807, 2.05) is 7.05 Å². The highest BCUT2D eigenvalue weighted by molar-refractivity contribution is 9.10. The Morgan fingerprint density at radius 2 is 2.06 bits per heavy atom. The summed E-state index contributed by atoms with van der Waals surface area (Å²) in [5, 5.41) is 3.39. The van der Waals surface area contributed by atoms with Crippen LogP contribution in [0.3, 0.4) is 0 Å². The summed E-state index contributed by atoms with van der Waals surface area (Å²) in [6, 6.07) is 8.24. The molecule has 0 saturated carbocycles. The lowest BCUT2D eigenvalue weighted by Gasteiger charge is -2.35. The van der Waals surface area contributed by atoms with Crippen molar-refractivity contribution in [3.8, 4) is 0 Å². The van der Waals surface area contributed by atoms with Gasteiger partial charge in [0, 0.05) is 28.3 Å². The molecular formula is C14H21BrN2. The number of likely N-dealkylation sites (N-methyl/N-ethyl adjacent to an activating group) is 1. The first kappa shape index (κ1) is 12.9. The van der Waals surface area contributed by atoms with E-state index in [2.05, 4.69) is 65.1 Å². The number of hydrogen-bond acceptors (Lipinski definition) is 2. The lowest BCUT2D eigenvalue weighted by Crippen LogP contribution is -2.48. The van der Waals surface area contributed by atoms with Gasteiger partial charge in [0.25, 0.3) is 0 Å². The van der Waals surface area contributed by atoms with E-state index in [0.29, 0.717) is 18.1 Å². The molecule has 0 spiro atoms. The third-order valence-corrected chi connectivity index (χ3v) is 4.19. The number of fused-ring (bicyclic) bond motifs is 1. The van der Waals surface area contributed by atoms with E-state index >= 15 is 0 Å². The average molecular weight is 297 g/mol. The normalized spacial score (nSPS) is 20.8. The second-order valence-corrected chi connectivity index (χ2v) is 6.04. The van der Waals surface area contributed by atoms with Gasteiger partial charge in [-0.1, -0.05) is 15.9 Å². The Hall–Kier alpha value is -0.540. The van der Waals surface area contributed by atoms with Crippen molar-refractivity contribution in [3.63, 3.8) is 0 Å². The van der Waals surface area contributed by atoms with Crippen LogP contribution in [0, 0.1) is 0 Å². The number of benzene rings is 1. The second-order valence-electron chi connectivity index (χ2n) is 5.12. The van der Waals surface area contributed by atoms with E-state index < -0.39 is 0 Å². The smallest absolute Gasteiger partial charge is 0.0484 e. The first-order chi connectivity index (χ1) is 8.04. The number of rotatable bonds is 3. The molecule has 0 amide bonds. The van der Waals surface area contributed by atoms with E-state index in [-0.39, 0.29) is 0 Å². The largest absolute Gasteiger partial charge is 0.364 e. The fourth-order valence-corrected chi connectivity index (χ4v) is 3.15. The van der Waals surface area contributed by atoms with Crippen LogP contribution in [0.4, 0.5) is 5.69 Å². The van der Waals surface area contributed by atoms with Gasteiger partial charge in [0.1, 0.15) is 0 Å². The van der Waals surface area contributed by atoms with Crippen molar-refractivity contribution in [3.05, 3.63) is 28.2 Å². The average Bonchev–Trinajstić information content (AvgIpc) is 2.66. The molecule has 1 aromatic carbocycles. The Labute approximate surface area is 113 Å². The van der Waals surface area contributed by atoms with E-state index in [1.54, 1.807) is 0 Å². The lowest BCUT2D eigenvalue weighted by molar-refractivity contribution is 0.451. The Bertz CT molecular complexity index is 403. The van der Waals surface area contributed by atoms with Gasteiger partial charge in [-0.05, 0) is 58.0 Å². The fourth-order valence-electron chi connectivity index (χ4n) is 2.74. The van der Waals surface area contributed by atoms with Crippen molar-refractivity contribution in [1.82, 2.24) is 5.32 Å². The third-order valence-electron chi connectivity index (χ3n) is 3.69. The third kappa shape index (κ3) is 2.36. The zero-order valence-electron chi connectivity index (χ0n) is 11.0. The van der Waals surface area contributed by atoms with Crippen LogP contribution >= 0.6 is 15.9 Å².